The molecule has 0 aliphatic carbocycles. The van der Waals surface area contributed by atoms with Crippen molar-refractivity contribution in [3.05, 3.63) is 32.8 Å². The van der Waals surface area contributed by atoms with Gasteiger partial charge in [0.05, 0.1) is 16.4 Å². The van der Waals surface area contributed by atoms with Gasteiger partial charge in [-0.15, -0.1) is 0 Å². The van der Waals surface area contributed by atoms with Gasteiger partial charge in [0.15, 0.2) is 0 Å². The zero-order chi connectivity index (χ0) is 16.2. The molecular formula is C12H17ClN2O5S. The number of nitro groups is 1. The van der Waals surface area contributed by atoms with E-state index in [4.69, 9.17) is 16.3 Å². The van der Waals surface area contributed by atoms with Crippen LogP contribution in [0.4, 0.5) is 5.69 Å². The molecule has 1 unspecified atom stereocenters. The fraction of sp³-hybridized carbons (Fsp3) is 0.500. The van der Waals surface area contributed by atoms with Crippen LogP contribution in [0.2, 0.25) is 5.02 Å². The maximum Gasteiger partial charge on any atom is 0.289 e. The van der Waals surface area contributed by atoms with Gasteiger partial charge in [-0.2, -0.15) is 0 Å². The summed E-state index contributed by atoms with van der Waals surface area (Å²) in [6.45, 7) is 5.65. The van der Waals surface area contributed by atoms with Crippen LogP contribution in [0.1, 0.15) is 19.4 Å². The number of aryl methyl sites for hydroxylation is 1. The normalized spacial score (nSPS) is 13.1. The zero-order valence-corrected chi connectivity index (χ0v) is 13.5. The predicted molar refractivity (Wildman–Crippen MR) is 79.1 cm³/mol. The molecule has 7 nitrogen and oxygen atoms in total. The molecule has 0 aromatic heterocycles. The van der Waals surface area contributed by atoms with Crippen molar-refractivity contribution in [2.75, 3.05) is 13.2 Å². The Bertz CT molecular complexity index is 633. The van der Waals surface area contributed by atoms with E-state index in [9.17, 15) is 18.5 Å². The van der Waals surface area contributed by atoms with Crippen LogP contribution in [-0.2, 0) is 14.8 Å². The summed E-state index contributed by atoms with van der Waals surface area (Å²) in [7, 11) is -3.89. The van der Waals surface area contributed by atoms with Gasteiger partial charge in [0.1, 0.15) is 5.02 Å². The highest BCUT2D eigenvalue weighted by molar-refractivity contribution is 7.89. The van der Waals surface area contributed by atoms with Crippen molar-refractivity contribution in [2.24, 2.45) is 0 Å². The highest BCUT2D eigenvalue weighted by Crippen LogP contribution is 2.30. The van der Waals surface area contributed by atoms with Crippen LogP contribution in [0.25, 0.3) is 0 Å². The van der Waals surface area contributed by atoms with Crippen molar-refractivity contribution >= 4 is 27.3 Å². The van der Waals surface area contributed by atoms with E-state index in [1.165, 1.54) is 13.0 Å². The van der Waals surface area contributed by atoms with Gasteiger partial charge in [-0.25, -0.2) is 13.1 Å². The van der Waals surface area contributed by atoms with Crippen LogP contribution in [0.3, 0.4) is 0 Å². The summed E-state index contributed by atoms with van der Waals surface area (Å²) < 4.78 is 32.1. The third kappa shape index (κ3) is 4.63. The number of sulfonamides is 1. The Morgan fingerprint density at radius 3 is 2.62 bits per heavy atom. The predicted octanol–water partition coefficient (Wildman–Crippen LogP) is 2.26. The van der Waals surface area contributed by atoms with Crippen LogP contribution in [-0.4, -0.2) is 32.6 Å². The largest absolute Gasteiger partial charge is 0.380 e. The Kier molecular flexibility index (Phi) is 6.09. The smallest absolute Gasteiger partial charge is 0.289 e. The highest BCUT2D eigenvalue weighted by Gasteiger charge is 2.24. The number of benzene rings is 1. The number of nitrogens with one attached hydrogen (secondary N) is 1. The summed E-state index contributed by atoms with van der Waals surface area (Å²) in [5.41, 5.74) is -0.109. The topological polar surface area (TPSA) is 98.5 Å². The monoisotopic (exact) mass is 336 g/mol. The van der Waals surface area contributed by atoms with Crippen molar-refractivity contribution in [1.82, 2.24) is 4.72 Å². The molecule has 1 rings (SSSR count). The Morgan fingerprint density at radius 2 is 2.10 bits per heavy atom. The average Bonchev–Trinajstić information content (AvgIpc) is 2.34. The van der Waals surface area contributed by atoms with Crippen LogP contribution in [0.5, 0.6) is 0 Å². The summed E-state index contributed by atoms with van der Waals surface area (Å²) in [5, 5.41) is 10.8. The quantitative estimate of drug-likeness (QED) is 0.608. The fourth-order valence-corrected chi connectivity index (χ4v) is 3.49. The molecule has 0 aliphatic rings. The molecule has 0 radical (unpaired) electrons. The minimum Gasteiger partial charge on any atom is -0.380 e. The van der Waals surface area contributed by atoms with Gasteiger partial charge in [0.2, 0.25) is 10.0 Å². The average molecular weight is 337 g/mol. The lowest BCUT2D eigenvalue weighted by Gasteiger charge is -2.15. The van der Waals surface area contributed by atoms with Gasteiger partial charge in [-0.3, -0.25) is 10.1 Å². The third-order valence-corrected chi connectivity index (χ3v) is 4.69. The highest BCUT2D eigenvalue weighted by atomic mass is 35.5. The lowest BCUT2D eigenvalue weighted by atomic mass is 10.2. The molecule has 0 heterocycles. The van der Waals surface area contributed by atoms with Crippen molar-refractivity contribution in [3.8, 4) is 0 Å². The Morgan fingerprint density at radius 1 is 1.48 bits per heavy atom. The molecule has 0 aliphatic heterocycles. The molecule has 0 bridgehead atoms. The van der Waals surface area contributed by atoms with E-state index in [1.54, 1.807) is 13.8 Å². The number of rotatable bonds is 7. The number of hydrogen-bond acceptors (Lipinski definition) is 5. The molecule has 0 spiro atoms. The number of hydrogen-bond donors (Lipinski definition) is 1. The first kappa shape index (κ1) is 17.8. The molecule has 0 fully saturated rings. The van der Waals surface area contributed by atoms with E-state index in [1.807, 2.05) is 0 Å². The Labute approximate surface area is 128 Å². The summed E-state index contributed by atoms with van der Waals surface area (Å²) in [5.74, 6) is 0. The van der Waals surface area contributed by atoms with E-state index < -0.39 is 26.7 Å². The van der Waals surface area contributed by atoms with Crippen molar-refractivity contribution in [3.63, 3.8) is 0 Å². The van der Waals surface area contributed by atoms with Gasteiger partial charge in [-0.1, -0.05) is 11.6 Å². The Balaban J connectivity index is 3.13. The van der Waals surface area contributed by atoms with Gasteiger partial charge in [0.25, 0.3) is 5.69 Å². The second-order valence-corrected chi connectivity index (χ2v) is 6.60. The fourth-order valence-electron chi connectivity index (χ4n) is 1.73. The van der Waals surface area contributed by atoms with E-state index in [0.29, 0.717) is 12.2 Å². The van der Waals surface area contributed by atoms with E-state index in [0.717, 1.165) is 6.07 Å². The minimum atomic E-state index is -3.89. The first-order chi connectivity index (χ1) is 9.69. The van der Waals surface area contributed by atoms with E-state index in [-0.39, 0.29) is 16.5 Å². The molecule has 1 N–H and O–H groups in total. The number of halogens is 1. The Hall–Kier alpha value is -1.22. The summed E-state index contributed by atoms with van der Waals surface area (Å²) in [6.07, 6.45) is 0. The lowest BCUT2D eigenvalue weighted by Crippen LogP contribution is -2.36. The second kappa shape index (κ2) is 7.17. The molecule has 0 saturated heterocycles. The summed E-state index contributed by atoms with van der Waals surface area (Å²) in [6, 6.07) is 1.78. The zero-order valence-electron chi connectivity index (χ0n) is 11.9. The first-order valence-electron chi connectivity index (χ1n) is 6.23. The van der Waals surface area contributed by atoms with Crippen molar-refractivity contribution < 1.29 is 18.1 Å². The lowest BCUT2D eigenvalue weighted by molar-refractivity contribution is -0.384. The number of ether oxygens (including phenoxy) is 1. The maximum absolute atomic E-state index is 12.3. The van der Waals surface area contributed by atoms with Crippen LogP contribution < -0.4 is 4.72 Å². The third-order valence-electron chi connectivity index (χ3n) is 2.66. The molecule has 1 aromatic rings. The molecule has 9 heteroatoms. The standard InChI is InChI=1S/C12H17ClN2O5S/c1-4-20-7-9(3)14-21(18,19)12-6-11(15(16)17)10(13)5-8(12)2/h5-6,9,14H,4,7H2,1-3H3. The SMILES string of the molecule is CCOCC(C)NS(=O)(=O)c1cc([N+](=O)[O-])c(Cl)cc1C. The van der Waals surface area contributed by atoms with Crippen molar-refractivity contribution in [1.29, 1.82) is 0 Å². The van der Waals surface area contributed by atoms with E-state index >= 15 is 0 Å². The molecule has 1 aromatic carbocycles. The molecule has 118 valence electrons. The molecule has 1 atom stereocenters. The van der Waals surface area contributed by atoms with Crippen LogP contribution >= 0.6 is 11.6 Å². The number of nitro benzene ring substituents is 1. The van der Waals surface area contributed by atoms with E-state index in [2.05, 4.69) is 4.72 Å². The number of nitrogens with zero attached hydrogens (tertiary/aromatic N) is 1. The maximum atomic E-state index is 12.3. The summed E-state index contributed by atoms with van der Waals surface area (Å²) >= 11 is 5.74. The first-order valence-corrected chi connectivity index (χ1v) is 8.09. The summed E-state index contributed by atoms with van der Waals surface area (Å²) in [4.78, 5) is 9.98. The van der Waals surface area contributed by atoms with Gasteiger partial charge in [-0.05, 0) is 32.4 Å². The molecule has 0 amide bonds. The molecule has 21 heavy (non-hydrogen) atoms. The molecule has 0 saturated carbocycles. The van der Waals surface area contributed by atoms with Crippen LogP contribution in [0.15, 0.2) is 17.0 Å². The van der Waals surface area contributed by atoms with Crippen LogP contribution in [0, 0.1) is 17.0 Å². The molecular weight excluding hydrogens is 320 g/mol. The van der Waals surface area contributed by atoms with Gasteiger partial charge < -0.3 is 4.74 Å². The minimum absolute atomic E-state index is 0.0983. The second-order valence-electron chi connectivity index (χ2n) is 4.51. The van der Waals surface area contributed by atoms with Crippen molar-refractivity contribution in [2.45, 2.75) is 31.7 Å². The van der Waals surface area contributed by atoms with Gasteiger partial charge >= 0.3 is 0 Å². The van der Waals surface area contributed by atoms with Gasteiger partial charge in [0, 0.05) is 18.7 Å².